The fraction of sp³-hybridized carbons (Fsp3) is 0.619. The number of likely N-dealkylation sites (tertiary alicyclic amines) is 1. The molecule has 2 rings (SSSR count). The first kappa shape index (κ1) is 23.3. The van der Waals surface area contributed by atoms with Crippen molar-refractivity contribution >= 4 is 22.0 Å². The van der Waals surface area contributed by atoms with Gasteiger partial charge in [-0.1, -0.05) is 32.0 Å². The van der Waals surface area contributed by atoms with Gasteiger partial charge in [-0.2, -0.15) is 4.31 Å². The van der Waals surface area contributed by atoms with Crippen LogP contribution in [0, 0.1) is 5.92 Å². The molecule has 0 unspecified atom stereocenters. The van der Waals surface area contributed by atoms with Crippen molar-refractivity contribution in [2.45, 2.75) is 70.4 Å². The first-order chi connectivity index (χ1) is 13.4. The summed E-state index contributed by atoms with van der Waals surface area (Å²) in [6, 6.07) is 7.17. The molecule has 1 fully saturated rings. The second-order valence-corrected chi connectivity index (χ2v) is 10.7. The minimum Gasteiger partial charge on any atom is -0.443 e. The molecule has 0 aromatic heterocycles. The molecule has 1 aliphatic heterocycles. The molecule has 1 aromatic carbocycles. The SMILES string of the molecule is CC(C)CN([C@H]1CCCCN(C(=O)OC(C)(C)C)C1=O)S(=O)(=O)c1ccccc1. The van der Waals surface area contributed by atoms with E-state index >= 15 is 0 Å². The number of hydrogen-bond acceptors (Lipinski definition) is 5. The number of ether oxygens (including phenoxy) is 1. The Morgan fingerprint density at radius 3 is 2.38 bits per heavy atom. The van der Waals surface area contributed by atoms with Gasteiger partial charge in [-0.3, -0.25) is 4.79 Å². The zero-order valence-electron chi connectivity index (χ0n) is 17.9. The Bertz CT molecular complexity index is 815. The number of rotatable bonds is 5. The van der Waals surface area contributed by atoms with Gasteiger partial charge in [-0.15, -0.1) is 0 Å². The standard InChI is InChI=1S/C21H32N2O5S/c1-16(2)15-23(29(26,27)17-11-7-6-8-12-17)18-13-9-10-14-22(19(18)24)20(25)28-21(3,4)5/h6-8,11-12,16,18H,9-10,13-15H2,1-5H3/t18-/m0/s1. The van der Waals surface area contributed by atoms with Gasteiger partial charge in [-0.05, 0) is 58.1 Å². The molecule has 8 heteroatoms. The zero-order valence-corrected chi connectivity index (χ0v) is 18.7. The topological polar surface area (TPSA) is 84.0 Å². The molecule has 7 nitrogen and oxygen atoms in total. The highest BCUT2D eigenvalue weighted by atomic mass is 32.2. The van der Waals surface area contributed by atoms with Gasteiger partial charge in [0.2, 0.25) is 15.9 Å². The lowest BCUT2D eigenvalue weighted by Crippen LogP contribution is -2.53. The Balaban J connectivity index is 2.41. The lowest BCUT2D eigenvalue weighted by Gasteiger charge is -2.33. The number of hydrogen-bond donors (Lipinski definition) is 0. The summed E-state index contributed by atoms with van der Waals surface area (Å²) in [5.74, 6) is -0.503. The third-order valence-electron chi connectivity index (χ3n) is 4.52. The fourth-order valence-electron chi connectivity index (χ4n) is 3.27. The first-order valence-corrected chi connectivity index (χ1v) is 11.5. The van der Waals surface area contributed by atoms with E-state index in [0.717, 1.165) is 4.90 Å². The average Bonchev–Trinajstić information content (AvgIpc) is 2.80. The van der Waals surface area contributed by atoms with Crippen molar-refractivity contribution in [3.8, 4) is 0 Å². The number of sulfonamides is 1. The van der Waals surface area contributed by atoms with Gasteiger partial charge in [0.25, 0.3) is 0 Å². The summed E-state index contributed by atoms with van der Waals surface area (Å²) in [5.41, 5.74) is -0.743. The van der Waals surface area contributed by atoms with Crippen molar-refractivity contribution in [2.24, 2.45) is 5.92 Å². The predicted octanol–water partition coefficient (Wildman–Crippen LogP) is 3.65. The van der Waals surface area contributed by atoms with Crippen molar-refractivity contribution in [2.75, 3.05) is 13.1 Å². The second kappa shape index (κ2) is 9.26. The smallest absolute Gasteiger partial charge is 0.417 e. The molecule has 162 valence electrons. The normalized spacial score (nSPS) is 18.8. The highest BCUT2D eigenvalue weighted by molar-refractivity contribution is 7.89. The molecule has 0 saturated carbocycles. The lowest BCUT2D eigenvalue weighted by atomic mass is 10.1. The molecule has 1 atom stereocenters. The summed E-state index contributed by atoms with van der Waals surface area (Å²) >= 11 is 0. The summed E-state index contributed by atoms with van der Waals surface area (Å²) in [7, 11) is -3.90. The molecule has 29 heavy (non-hydrogen) atoms. The van der Waals surface area contributed by atoms with Crippen LogP contribution >= 0.6 is 0 Å². The van der Waals surface area contributed by atoms with Gasteiger partial charge < -0.3 is 4.74 Å². The summed E-state index contributed by atoms with van der Waals surface area (Å²) in [6.07, 6.45) is 0.907. The Morgan fingerprint density at radius 2 is 1.83 bits per heavy atom. The van der Waals surface area contributed by atoms with E-state index in [1.165, 1.54) is 16.4 Å². The summed E-state index contributed by atoms with van der Waals surface area (Å²) in [6.45, 7) is 9.42. The van der Waals surface area contributed by atoms with Crippen LogP contribution in [-0.2, 0) is 19.6 Å². The highest BCUT2D eigenvalue weighted by Crippen LogP contribution is 2.26. The Labute approximate surface area is 174 Å². The molecule has 0 bridgehead atoms. The largest absolute Gasteiger partial charge is 0.443 e. The van der Waals surface area contributed by atoms with E-state index in [1.54, 1.807) is 39.0 Å². The van der Waals surface area contributed by atoms with E-state index in [1.807, 2.05) is 13.8 Å². The number of carbonyl (C=O) groups excluding carboxylic acids is 2. The Hall–Kier alpha value is -1.93. The molecule has 1 aliphatic rings. The average molecular weight is 425 g/mol. The second-order valence-electron chi connectivity index (χ2n) is 8.76. The van der Waals surface area contributed by atoms with Gasteiger partial charge in [0.15, 0.2) is 0 Å². The van der Waals surface area contributed by atoms with Crippen LogP contribution in [0.3, 0.4) is 0 Å². The highest BCUT2D eigenvalue weighted by Gasteiger charge is 2.41. The molecule has 1 saturated heterocycles. The molecule has 2 amide bonds. The molecule has 0 radical (unpaired) electrons. The molecular weight excluding hydrogens is 392 g/mol. The van der Waals surface area contributed by atoms with Crippen molar-refractivity contribution in [1.29, 1.82) is 0 Å². The zero-order chi connectivity index (χ0) is 21.8. The maximum Gasteiger partial charge on any atom is 0.417 e. The number of amides is 2. The monoisotopic (exact) mass is 424 g/mol. The van der Waals surface area contributed by atoms with Gasteiger partial charge in [0.1, 0.15) is 11.6 Å². The maximum atomic E-state index is 13.4. The van der Waals surface area contributed by atoms with E-state index in [9.17, 15) is 18.0 Å². The van der Waals surface area contributed by atoms with Crippen LogP contribution in [0.4, 0.5) is 4.79 Å². The van der Waals surface area contributed by atoms with E-state index in [2.05, 4.69) is 0 Å². The minimum absolute atomic E-state index is 0.0134. The number of carbonyl (C=O) groups is 2. The number of benzene rings is 1. The van der Waals surface area contributed by atoms with E-state index in [-0.39, 0.29) is 23.9 Å². The van der Waals surface area contributed by atoms with Crippen LogP contribution in [0.2, 0.25) is 0 Å². The van der Waals surface area contributed by atoms with Crippen LogP contribution in [0.5, 0.6) is 0 Å². The third kappa shape index (κ3) is 6.02. The van der Waals surface area contributed by atoms with E-state index in [0.29, 0.717) is 19.3 Å². The predicted molar refractivity (Wildman–Crippen MR) is 111 cm³/mol. The number of nitrogens with zero attached hydrogens (tertiary/aromatic N) is 2. The van der Waals surface area contributed by atoms with Crippen LogP contribution in [0.1, 0.15) is 53.9 Å². The van der Waals surface area contributed by atoms with Crippen LogP contribution < -0.4 is 0 Å². The molecule has 1 heterocycles. The Morgan fingerprint density at radius 1 is 1.21 bits per heavy atom. The fourth-order valence-corrected chi connectivity index (χ4v) is 5.06. The summed E-state index contributed by atoms with van der Waals surface area (Å²) in [5, 5.41) is 0. The first-order valence-electron chi connectivity index (χ1n) is 10.0. The van der Waals surface area contributed by atoms with Crippen molar-refractivity contribution in [1.82, 2.24) is 9.21 Å². The summed E-state index contributed by atoms with van der Waals surface area (Å²) < 4.78 is 33.4. The van der Waals surface area contributed by atoms with Gasteiger partial charge in [0, 0.05) is 13.1 Å². The van der Waals surface area contributed by atoms with Gasteiger partial charge >= 0.3 is 6.09 Å². The van der Waals surface area contributed by atoms with Crippen molar-refractivity contribution in [3.63, 3.8) is 0 Å². The molecular formula is C21H32N2O5S. The summed E-state index contributed by atoms with van der Waals surface area (Å²) in [4.78, 5) is 27.1. The molecule has 0 spiro atoms. The van der Waals surface area contributed by atoms with Crippen LogP contribution in [0.25, 0.3) is 0 Å². The van der Waals surface area contributed by atoms with Crippen molar-refractivity contribution in [3.05, 3.63) is 30.3 Å². The van der Waals surface area contributed by atoms with E-state index < -0.39 is 33.7 Å². The van der Waals surface area contributed by atoms with Gasteiger partial charge in [0.05, 0.1) is 4.90 Å². The molecule has 0 N–H and O–H groups in total. The lowest BCUT2D eigenvalue weighted by molar-refractivity contribution is -0.134. The van der Waals surface area contributed by atoms with Gasteiger partial charge in [-0.25, -0.2) is 18.1 Å². The minimum atomic E-state index is -3.90. The molecule has 1 aromatic rings. The van der Waals surface area contributed by atoms with E-state index in [4.69, 9.17) is 4.74 Å². The third-order valence-corrected chi connectivity index (χ3v) is 6.41. The number of imide groups is 1. The quantitative estimate of drug-likeness (QED) is 0.720. The molecule has 0 aliphatic carbocycles. The maximum absolute atomic E-state index is 13.4. The Kier molecular flexibility index (Phi) is 7.45. The van der Waals surface area contributed by atoms with Crippen LogP contribution in [0.15, 0.2) is 35.2 Å². The van der Waals surface area contributed by atoms with Crippen molar-refractivity contribution < 1.29 is 22.7 Å². The van der Waals surface area contributed by atoms with Crippen LogP contribution in [-0.4, -0.2) is 54.4 Å².